The summed E-state index contributed by atoms with van der Waals surface area (Å²) in [6.07, 6.45) is 0. The Hall–Kier alpha value is -1.38. The van der Waals surface area contributed by atoms with Gasteiger partial charge in [-0.25, -0.2) is 8.42 Å². The predicted molar refractivity (Wildman–Crippen MR) is 41.4 cm³/mol. The van der Waals surface area contributed by atoms with Crippen LogP contribution in [0.5, 0.6) is 0 Å². The number of nitrogens with one attached hydrogen (secondary N) is 1. The van der Waals surface area contributed by atoms with Crippen LogP contribution in [0.4, 0.5) is 0 Å². The quantitative estimate of drug-likeness (QED) is 0.633. The molecule has 0 aromatic heterocycles. The van der Waals surface area contributed by atoms with Gasteiger partial charge in [-0.2, -0.15) is 5.26 Å². The second kappa shape index (κ2) is 2.93. The predicted octanol–water partition coefficient (Wildman–Crippen LogP) is 0.530. The van der Waals surface area contributed by atoms with Crippen molar-refractivity contribution in [2.24, 2.45) is 0 Å². The van der Waals surface area contributed by atoms with Gasteiger partial charge in [-0.1, -0.05) is 6.07 Å². The van der Waals surface area contributed by atoms with E-state index in [2.05, 4.69) is 0 Å². The monoisotopic (exact) mass is 181 g/mol. The van der Waals surface area contributed by atoms with E-state index in [1.807, 2.05) is 0 Å². The van der Waals surface area contributed by atoms with Gasteiger partial charge >= 0.3 is 0 Å². The van der Waals surface area contributed by atoms with Crippen LogP contribution in [0.25, 0.3) is 0 Å². The maximum absolute atomic E-state index is 10.7. The first-order valence-corrected chi connectivity index (χ1v) is 4.52. The summed E-state index contributed by atoms with van der Waals surface area (Å²) >= 11 is 0. The maximum Gasteiger partial charge on any atom is 0.254 e. The molecule has 0 aliphatic rings. The Labute approximate surface area is 70.3 Å². The Morgan fingerprint density at radius 3 is 2.58 bits per heavy atom. The molecule has 0 bridgehead atoms. The zero-order chi connectivity index (χ0) is 9.19. The Kier molecular flexibility index (Phi) is 2.13. The number of benzene rings is 1. The second-order valence-electron chi connectivity index (χ2n) is 2.14. The summed E-state index contributed by atoms with van der Waals surface area (Å²) in [7, 11) is -3.94. The number of hydrogen-bond acceptors (Lipinski definition) is 3. The first-order valence-electron chi connectivity index (χ1n) is 3.04. The van der Waals surface area contributed by atoms with Gasteiger partial charge in [0.1, 0.15) is 0 Å². The van der Waals surface area contributed by atoms with Crippen molar-refractivity contribution in [1.82, 2.24) is 5.14 Å². The lowest BCUT2D eigenvalue weighted by Gasteiger charge is -1.95. The molecule has 0 saturated carbocycles. The van der Waals surface area contributed by atoms with Crippen LogP contribution in [0, 0.1) is 11.3 Å². The molecule has 1 aromatic rings. The van der Waals surface area contributed by atoms with E-state index in [-0.39, 0.29) is 10.5 Å². The van der Waals surface area contributed by atoms with Gasteiger partial charge in [-0.15, -0.1) is 5.14 Å². The van der Waals surface area contributed by atoms with E-state index in [0.29, 0.717) is 0 Å². The SMILES string of the molecule is N#Cc1cccc(S([NH])(=O)=O)c1. The zero-order valence-electron chi connectivity index (χ0n) is 5.98. The third-order valence-corrected chi connectivity index (χ3v) is 2.15. The topological polar surface area (TPSA) is 81.7 Å². The maximum atomic E-state index is 10.7. The number of rotatable bonds is 1. The highest BCUT2D eigenvalue weighted by Gasteiger charge is 2.07. The normalized spacial score (nSPS) is 10.7. The largest absolute Gasteiger partial charge is 0.254 e. The summed E-state index contributed by atoms with van der Waals surface area (Å²) in [6.45, 7) is 0. The average Bonchev–Trinajstić information content (AvgIpc) is 2.03. The smallest absolute Gasteiger partial charge is 0.206 e. The summed E-state index contributed by atoms with van der Waals surface area (Å²) in [5.41, 5.74) is 0.239. The van der Waals surface area contributed by atoms with Gasteiger partial charge in [0.25, 0.3) is 10.0 Å². The molecule has 0 saturated heterocycles. The molecule has 1 aromatic carbocycles. The Morgan fingerprint density at radius 1 is 1.42 bits per heavy atom. The highest BCUT2D eigenvalue weighted by Crippen LogP contribution is 2.09. The van der Waals surface area contributed by atoms with Crippen molar-refractivity contribution in [1.29, 1.82) is 5.26 Å². The summed E-state index contributed by atoms with van der Waals surface area (Å²) in [5, 5.41) is 15.1. The first-order chi connectivity index (χ1) is 5.54. The van der Waals surface area contributed by atoms with Crippen LogP contribution in [-0.4, -0.2) is 8.42 Å². The van der Waals surface area contributed by atoms with Crippen LogP contribution in [0.15, 0.2) is 29.2 Å². The minimum Gasteiger partial charge on any atom is -0.206 e. The third kappa shape index (κ3) is 1.81. The lowest BCUT2D eigenvalue weighted by molar-refractivity contribution is 0.596. The second-order valence-corrected chi connectivity index (χ2v) is 3.62. The first kappa shape index (κ1) is 8.71. The summed E-state index contributed by atoms with van der Waals surface area (Å²) in [4.78, 5) is -0.151. The lowest BCUT2D eigenvalue weighted by Crippen LogP contribution is -2.00. The Morgan fingerprint density at radius 2 is 2.08 bits per heavy atom. The molecule has 1 N–H and O–H groups in total. The minimum atomic E-state index is -3.94. The molecular formula is C7H5N2O2S. The van der Waals surface area contributed by atoms with Crippen molar-refractivity contribution in [3.63, 3.8) is 0 Å². The summed E-state index contributed by atoms with van der Waals surface area (Å²) < 4.78 is 21.3. The van der Waals surface area contributed by atoms with Crippen LogP contribution < -0.4 is 5.14 Å². The van der Waals surface area contributed by atoms with Crippen LogP contribution in [-0.2, 0) is 10.0 Å². The molecular weight excluding hydrogens is 176 g/mol. The molecule has 1 radical (unpaired) electrons. The van der Waals surface area contributed by atoms with Gasteiger partial charge in [0, 0.05) is 0 Å². The molecule has 1 rings (SSSR count). The number of nitrogens with zero attached hydrogens (tertiary/aromatic N) is 1. The minimum absolute atomic E-state index is 0.151. The van der Waals surface area contributed by atoms with Gasteiger partial charge in [0.15, 0.2) is 0 Å². The van der Waals surface area contributed by atoms with E-state index in [1.54, 1.807) is 6.07 Å². The van der Waals surface area contributed by atoms with Crippen molar-refractivity contribution < 1.29 is 8.42 Å². The van der Waals surface area contributed by atoms with Crippen LogP contribution >= 0.6 is 0 Å². The van der Waals surface area contributed by atoms with Gasteiger partial charge in [0.2, 0.25) is 0 Å². The van der Waals surface area contributed by atoms with Crippen LogP contribution in [0.2, 0.25) is 0 Å². The molecule has 12 heavy (non-hydrogen) atoms. The molecule has 0 heterocycles. The van der Waals surface area contributed by atoms with Gasteiger partial charge in [-0.3, -0.25) is 0 Å². The summed E-state index contributed by atoms with van der Waals surface area (Å²) in [6, 6.07) is 7.15. The fourth-order valence-electron chi connectivity index (χ4n) is 0.733. The summed E-state index contributed by atoms with van der Waals surface area (Å²) in [5.74, 6) is 0. The Bertz CT molecular complexity index is 431. The molecule has 0 unspecified atom stereocenters. The average molecular weight is 181 g/mol. The fourth-order valence-corrected chi connectivity index (χ4v) is 1.27. The molecule has 0 fully saturated rings. The number of nitriles is 1. The Balaban J connectivity index is 3.32. The van der Waals surface area contributed by atoms with Crippen LogP contribution in [0.1, 0.15) is 5.56 Å². The highest BCUT2D eigenvalue weighted by atomic mass is 32.2. The van der Waals surface area contributed by atoms with Crippen molar-refractivity contribution in [3.05, 3.63) is 29.8 Å². The molecule has 0 atom stereocenters. The van der Waals surface area contributed by atoms with E-state index in [4.69, 9.17) is 10.4 Å². The van der Waals surface area contributed by atoms with Crippen molar-refractivity contribution in [2.45, 2.75) is 4.90 Å². The fraction of sp³-hybridized carbons (Fsp3) is 0. The lowest BCUT2D eigenvalue weighted by atomic mass is 10.2. The molecule has 0 amide bonds. The third-order valence-electron chi connectivity index (χ3n) is 1.27. The number of hydrogen-bond donors (Lipinski definition) is 0. The van der Waals surface area contributed by atoms with Gasteiger partial charge in [-0.05, 0) is 18.2 Å². The van der Waals surface area contributed by atoms with E-state index in [9.17, 15) is 8.42 Å². The zero-order valence-corrected chi connectivity index (χ0v) is 6.80. The van der Waals surface area contributed by atoms with E-state index in [1.165, 1.54) is 24.3 Å². The van der Waals surface area contributed by atoms with Crippen LogP contribution in [0.3, 0.4) is 0 Å². The molecule has 0 spiro atoms. The number of sulfonamides is 1. The van der Waals surface area contributed by atoms with E-state index >= 15 is 0 Å². The molecule has 0 aliphatic heterocycles. The molecule has 5 heteroatoms. The molecule has 0 aliphatic carbocycles. The highest BCUT2D eigenvalue weighted by molar-refractivity contribution is 7.88. The van der Waals surface area contributed by atoms with Crippen molar-refractivity contribution in [2.75, 3.05) is 0 Å². The standard InChI is InChI=1S/C7H5N2O2S/c8-5-6-2-1-3-7(4-6)12(9,10)11/h1-4,9H. The van der Waals surface area contributed by atoms with E-state index < -0.39 is 10.0 Å². The molecule has 4 nitrogen and oxygen atoms in total. The van der Waals surface area contributed by atoms with Crippen molar-refractivity contribution >= 4 is 10.0 Å². The van der Waals surface area contributed by atoms with Gasteiger partial charge < -0.3 is 0 Å². The van der Waals surface area contributed by atoms with Crippen molar-refractivity contribution in [3.8, 4) is 6.07 Å². The van der Waals surface area contributed by atoms with Gasteiger partial charge in [0.05, 0.1) is 16.5 Å². The van der Waals surface area contributed by atoms with E-state index in [0.717, 1.165) is 0 Å². The molecule has 61 valence electrons.